The van der Waals surface area contributed by atoms with Gasteiger partial charge in [-0.1, -0.05) is 32.0 Å². The first-order chi connectivity index (χ1) is 23.1. The van der Waals surface area contributed by atoms with Gasteiger partial charge < -0.3 is 30.9 Å². The number of para-hydroxylation sites is 1. The van der Waals surface area contributed by atoms with Gasteiger partial charge in [0.15, 0.2) is 5.01 Å². The summed E-state index contributed by atoms with van der Waals surface area (Å²) in [6.07, 6.45) is 4.06. The highest BCUT2D eigenvalue weighted by Crippen LogP contribution is 2.26. The highest BCUT2D eigenvalue weighted by atomic mass is 32.1. The highest BCUT2D eigenvalue weighted by molar-refractivity contribution is 7.20. The number of ether oxygens (including phenoxy) is 1. The molecule has 4 heterocycles. The van der Waals surface area contributed by atoms with Gasteiger partial charge in [-0.05, 0) is 63.4 Å². The third kappa shape index (κ3) is 9.13. The second-order valence-corrected chi connectivity index (χ2v) is 14.0. The first kappa shape index (κ1) is 34.9. The molecular weight excluding hydrogens is 634 g/mol. The molecule has 4 amide bonds. The maximum atomic E-state index is 13.9. The summed E-state index contributed by atoms with van der Waals surface area (Å²) in [7, 11) is 1.94. The van der Waals surface area contributed by atoms with Gasteiger partial charge in [0.05, 0.1) is 16.3 Å². The number of alkyl carbamates (subject to hydrolysis) is 1. The summed E-state index contributed by atoms with van der Waals surface area (Å²) >= 11 is 1.23. The molecule has 2 fully saturated rings. The Morgan fingerprint density at radius 1 is 1.04 bits per heavy atom. The number of nitrogens with zero attached hydrogens (tertiary/aromatic N) is 3. The van der Waals surface area contributed by atoms with Crippen LogP contribution in [0.25, 0.3) is 10.2 Å². The minimum atomic E-state index is -1.03. The van der Waals surface area contributed by atoms with E-state index in [0.29, 0.717) is 37.0 Å². The van der Waals surface area contributed by atoms with Crippen molar-refractivity contribution in [1.82, 2.24) is 36.1 Å². The van der Waals surface area contributed by atoms with Crippen LogP contribution in [0.1, 0.15) is 54.9 Å². The lowest BCUT2D eigenvalue weighted by molar-refractivity contribution is -0.131. The number of pyridine rings is 1. The number of ketones is 1. The molecule has 1 aromatic carbocycles. The molecule has 256 valence electrons. The van der Waals surface area contributed by atoms with Gasteiger partial charge >= 0.3 is 6.09 Å². The molecule has 13 nitrogen and oxygen atoms in total. The average molecular weight is 678 g/mol. The van der Waals surface area contributed by atoms with Crippen molar-refractivity contribution in [3.63, 3.8) is 0 Å². The Labute approximate surface area is 283 Å². The number of aromatic nitrogens is 2. The number of benzene rings is 1. The van der Waals surface area contributed by atoms with Gasteiger partial charge in [0.1, 0.15) is 18.7 Å². The zero-order valence-corrected chi connectivity index (χ0v) is 28.3. The summed E-state index contributed by atoms with van der Waals surface area (Å²) in [6, 6.07) is 7.91. The fourth-order valence-electron chi connectivity index (χ4n) is 6.19. The van der Waals surface area contributed by atoms with Gasteiger partial charge in [-0.15, -0.1) is 11.3 Å². The summed E-state index contributed by atoms with van der Waals surface area (Å²) in [5, 5.41) is 11.5. The number of amides is 4. The minimum Gasteiger partial charge on any atom is -0.445 e. The van der Waals surface area contributed by atoms with Crippen molar-refractivity contribution in [1.29, 1.82) is 0 Å². The summed E-state index contributed by atoms with van der Waals surface area (Å²) in [6.45, 7) is 5.67. The van der Waals surface area contributed by atoms with Crippen LogP contribution in [-0.4, -0.2) is 89.3 Å². The summed E-state index contributed by atoms with van der Waals surface area (Å²) in [4.78, 5) is 77.7. The maximum absolute atomic E-state index is 13.9. The molecule has 2 saturated heterocycles. The van der Waals surface area contributed by atoms with Crippen LogP contribution in [0.5, 0.6) is 0 Å². The lowest BCUT2D eigenvalue weighted by atomic mass is 9.94. The summed E-state index contributed by atoms with van der Waals surface area (Å²) in [5.41, 5.74) is 1.38. The molecule has 2 aromatic heterocycles. The molecule has 5 rings (SSSR count). The summed E-state index contributed by atoms with van der Waals surface area (Å²) < 4.78 is 6.23. The zero-order chi connectivity index (χ0) is 34.2. The fourth-order valence-corrected chi connectivity index (χ4v) is 7.15. The number of likely N-dealkylation sites (tertiary alicyclic amines) is 1. The SMILES string of the molecule is CC(C)C[C@H](NC(=O)[C@@H](NC(=O)OCc1cccnc1)C1CCN(C)C1)C(=O)N[C@@H](C[C@@H]1CCNC1=O)C(=O)c1nc2ccccc2s1. The Hall–Kier alpha value is -4.43. The molecule has 0 bridgehead atoms. The van der Waals surface area contributed by atoms with E-state index in [1.807, 2.05) is 45.2 Å². The number of fused-ring (bicyclic) bond motifs is 1. The Morgan fingerprint density at radius 3 is 2.50 bits per heavy atom. The van der Waals surface area contributed by atoms with E-state index < -0.39 is 42.0 Å². The van der Waals surface area contributed by atoms with Crippen molar-refractivity contribution in [3.05, 3.63) is 59.4 Å². The van der Waals surface area contributed by atoms with Crippen molar-refractivity contribution >= 4 is 51.2 Å². The molecule has 0 saturated carbocycles. The van der Waals surface area contributed by atoms with Gasteiger partial charge in [-0.2, -0.15) is 0 Å². The van der Waals surface area contributed by atoms with E-state index in [1.54, 1.807) is 24.5 Å². The third-order valence-electron chi connectivity index (χ3n) is 8.71. The second-order valence-electron chi connectivity index (χ2n) is 13.0. The van der Waals surface area contributed by atoms with Crippen LogP contribution in [0, 0.1) is 17.8 Å². The smallest absolute Gasteiger partial charge is 0.408 e. The molecule has 4 N–H and O–H groups in total. The molecule has 3 aromatic rings. The van der Waals surface area contributed by atoms with E-state index in [9.17, 15) is 24.0 Å². The first-order valence-electron chi connectivity index (χ1n) is 16.4. The average Bonchev–Trinajstić information content (AvgIpc) is 3.81. The number of hydrogen-bond acceptors (Lipinski definition) is 10. The third-order valence-corrected chi connectivity index (χ3v) is 9.76. The molecule has 5 atom stereocenters. The maximum Gasteiger partial charge on any atom is 0.408 e. The molecule has 0 spiro atoms. The lowest BCUT2D eigenvalue weighted by Gasteiger charge is -2.28. The first-order valence-corrected chi connectivity index (χ1v) is 17.2. The van der Waals surface area contributed by atoms with Crippen molar-refractivity contribution in [2.45, 2.75) is 64.3 Å². The van der Waals surface area contributed by atoms with Gasteiger partial charge in [0, 0.05) is 42.9 Å². The van der Waals surface area contributed by atoms with E-state index in [4.69, 9.17) is 4.74 Å². The topological polar surface area (TPSA) is 172 Å². The van der Waals surface area contributed by atoms with Crippen LogP contribution >= 0.6 is 11.3 Å². The molecular formula is C34H43N7O6S. The zero-order valence-electron chi connectivity index (χ0n) is 27.4. The Kier molecular flexibility index (Phi) is 11.7. The largest absolute Gasteiger partial charge is 0.445 e. The van der Waals surface area contributed by atoms with Gasteiger partial charge in [-0.25, -0.2) is 9.78 Å². The van der Waals surface area contributed by atoms with E-state index in [-0.39, 0.29) is 48.0 Å². The van der Waals surface area contributed by atoms with Gasteiger partial charge in [0.2, 0.25) is 23.5 Å². The fraction of sp³-hybridized carbons (Fsp3) is 0.500. The van der Waals surface area contributed by atoms with Crippen molar-refractivity contribution in [2.75, 3.05) is 26.7 Å². The number of hydrogen-bond donors (Lipinski definition) is 4. The number of Topliss-reactive ketones (excluding diaryl/α,β-unsaturated/α-hetero) is 1. The van der Waals surface area contributed by atoms with Crippen molar-refractivity contribution in [2.24, 2.45) is 17.8 Å². The molecule has 0 aliphatic carbocycles. The lowest BCUT2D eigenvalue weighted by Crippen LogP contribution is -2.58. The normalized spacial score (nSPS) is 19.8. The van der Waals surface area contributed by atoms with Gasteiger partial charge in [0.25, 0.3) is 0 Å². The van der Waals surface area contributed by atoms with Crippen LogP contribution in [0.15, 0.2) is 48.8 Å². The number of rotatable bonds is 14. The molecule has 0 radical (unpaired) electrons. The van der Waals surface area contributed by atoms with Crippen LogP contribution in [0.3, 0.4) is 0 Å². The van der Waals surface area contributed by atoms with Crippen molar-refractivity contribution < 1.29 is 28.7 Å². The van der Waals surface area contributed by atoms with Crippen LogP contribution in [-0.2, 0) is 25.7 Å². The number of nitrogens with one attached hydrogen (secondary N) is 4. The van der Waals surface area contributed by atoms with Crippen LogP contribution < -0.4 is 21.3 Å². The Bertz CT molecular complexity index is 1580. The van der Waals surface area contributed by atoms with E-state index >= 15 is 0 Å². The van der Waals surface area contributed by atoms with E-state index in [1.165, 1.54) is 11.3 Å². The second kappa shape index (κ2) is 16.1. The molecule has 14 heteroatoms. The van der Waals surface area contributed by atoms with Gasteiger partial charge in [-0.3, -0.25) is 24.2 Å². The predicted octanol–water partition coefficient (Wildman–Crippen LogP) is 2.66. The molecule has 1 unspecified atom stereocenters. The molecule has 2 aliphatic rings. The predicted molar refractivity (Wildman–Crippen MR) is 180 cm³/mol. The molecule has 2 aliphatic heterocycles. The highest BCUT2D eigenvalue weighted by Gasteiger charge is 2.38. The quantitative estimate of drug-likeness (QED) is 0.187. The van der Waals surface area contributed by atoms with Crippen LogP contribution in [0.2, 0.25) is 0 Å². The molecule has 48 heavy (non-hydrogen) atoms. The Morgan fingerprint density at radius 2 is 1.83 bits per heavy atom. The number of carbonyl (C=O) groups is 5. The number of thiazole rings is 1. The monoisotopic (exact) mass is 677 g/mol. The van der Waals surface area contributed by atoms with E-state index in [0.717, 1.165) is 11.2 Å². The Balaban J connectivity index is 1.32. The van der Waals surface area contributed by atoms with Crippen LogP contribution in [0.4, 0.5) is 4.79 Å². The van der Waals surface area contributed by atoms with E-state index in [2.05, 4.69) is 36.1 Å². The van der Waals surface area contributed by atoms with Crippen molar-refractivity contribution in [3.8, 4) is 0 Å². The standard InChI is InChI=1S/C34H43N7O6S/c1-20(2)15-26(38-32(45)28(23-11-14-41(3)18-23)40-34(46)47-19-21-7-6-12-35-17-21)31(44)37-25(16-22-10-13-36-30(22)43)29(42)33-39-24-8-4-5-9-27(24)48-33/h4-9,12,17,20,22-23,25-26,28H,10-11,13-16,18-19H2,1-3H3,(H,36,43)(H,37,44)(H,38,45)(H,40,46)/t22-,23?,25-,26-,28-/m0/s1. The number of carbonyl (C=O) groups excluding carboxylic acids is 5. The summed E-state index contributed by atoms with van der Waals surface area (Å²) in [5.74, 6) is -2.26. The minimum absolute atomic E-state index is 0.00791.